The van der Waals surface area contributed by atoms with Gasteiger partial charge in [0.05, 0.1) is 12.0 Å². The molecule has 0 aliphatic carbocycles. The van der Waals surface area contributed by atoms with Gasteiger partial charge in [0, 0.05) is 23.7 Å². The molecule has 1 N–H and O–H groups in total. The number of nitrogens with one attached hydrogen (secondary N) is 1. The molecule has 20 heavy (non-hydrogen) atoms. The lowest BCUT2D eigenvalue weighted by molar-refractivity contribution is -0.126. The minimum atomic E-state index is -0.420. The van der Waals surface area contributed by atoms with Crippen LogP contribution in [0.3, 0.4) is 0 Å². The molecule has 1 atom stereocenters. The Morgan fingerprint density at radius 3 is 3.00 bits per heavy atom. The number of hydrogen-bond donors (Lipinski definition) is 1. The Bertz CT molecular complexity index is 595. The topological polar surface area (TPSA) is 73.2 Å². The summed E-state index contributed by atoms with van der Waals surface area (Å²) in [5, 5.41) is 11.5. The van der Waals surface area contributed by atoms with Crippen molar-refractivity contribution in [2.75, 3.05) is 18.0 Å². The van der Waals surface area contributed by atoms with Crippen LogP contribution in [0.25, 0.3) is 0 Å². The predicted octanol–water partition coefficient (Wildman–Crippen LogP) is 1.64. The molecule has 5 nitrogen and oxygen atoms in total. The molecular weight excluding hydrogens is 278 g/mol. The molecule has 0 saturated carbocycles. The van der Waals surface area contributed by atoms with E-state index in [0.29, 0.717) is 17.3 Å². The number of amides is 2. The normalized spacial score (nSPS) is 17.9. The Morgan fingerprint density at radius 2 is 2.35 bits per heavy atom. The average Bonchev–Trinajstić information content (AvgIpc) is 2.81. The summed E-state index contributed by atoms with van der Waals surface area (Å²) in [6, 6.07) is 7.22. The van der Waals surface area contributed by atoms with Crippen molar-refractivity contribution < 1.29 is 9.59 Å². The SMILES string of the molecule is Cc1ccc(N2C[C@@H](C(=O)NCC#N)CC2=O)cc1Cl. The number of carbonyl (C=O) groups excluding carboxylic acids is 2. The predicted molar refractivity (Wildman–Crippen MR) is 75.3 cm³/mol. The quantitative estimate of drug-likeness (QED) is 0.861. The summed E-state index contributed by atoms with van der Waals surface area (Å²) in [4.78, 5) is 25.3. The van der Waals surface area contributed by atoms with Crippen LogP contribution in [-0.4, -0.2) is 24.9 Å². The molecule has 1 saturated heterocycles. The van der Waals surface area contributed by atoms with Crippen molar-refractivity contribution in [3.8, 4) is 6.07 Å². The number of carbonyl (C=O) groups is 2. The first-order valence-corrected chi connectivity index (χ1v) is 6.62. The number of anilines is 1. The first-order valence-electron chi connectivity index (χ1n) is 6.24. The van der Waals surface area contributed by atoms with Crippen molar-refractivity contribution in [2.45, 2.75) is 13.3 Å². The minimum Gasteiger partial charge on any atom is -0.343 e. The fraction of sp³-hybridized carbons (Fsp3) is 0.357. The molecule has 0 bridgehead atoms. The van der Waals surface area contributed by atoms with E-state index in [1.165, 1.54) is 0 Å². The third kappa shape index (κ3) is 2.91. The molecule has 2 amide bonds. The van der Waals surface area contributed by atoms with Crippen LogP contribution in [0, 0.1) is 24.2 Å². The number of benzene rings is 1. The monoisotopic (exact) mass is 291 g/mol. The lowest BCUT2D eigenvalue weighted by Gasteiger charge is -2.17. The average molecular weight is 292 g/mol. The van der Waals surface area contributed by atoms with Crippen LogP contribution in [0.4, 0.5) is 5.69 Å². The van der Waals surface area contributed by atoms with Crippen molar-refractivity contribution in [3.05, 3.63) is 28.8 Å². The molecule has 1 heterocycles. The minimum absolute atomic E-state index is 0.0418. The number of hydrogen-bond acceptors (Lipinski definition) is 3. The van der Waals surface area contributed by atoms with Crippen LogP contribution in [0.15, 0.2) is 18.2 Å². The second-order valence-electron chi connectivity index (χ2n) is 4.71. The molecule has 1 aliphatic rings. The molecule has 1 fully saturated rings. The maximum atomic E-state index is 12.0. The van der Waals surface area contributed by atoms with Gasteiger partial charge in [-0.25, -0.2) is 0 Å². The van der Waals surface area contributed by atoms with Crippen LogP contribution >= 0.6 is 11.6 Å². The molecule has 0 aromatic heterocycles. The van der Waals surface area contributed by atoms with E-state index in [-0.39, 0.29) is 24.8 Å². The van der Waals surface area contributed by atoms with E-state index in [4.69, 9.17) is 16.9 Å². The molecule has 1 aromatic carbocycles. The first-order chi connectivity index (χ1) is 9.52. The van der Waals surface area contributed by atoms with Gasteiger partial charge in [-0.05, 0) is 24.6 Å². The van der Waals surface area contributed by atoms with E-state index < -0.39 is 5.92 Å². The van der Waals surface area contributed by atoms with Gasteiger partial charge in [0.2, 0.25) is 11.8 Å². The maximum Gasteiger partial charge on any atom is 0.227 e. The van der Waals surface area contributed by atoms with Gasteiger partial charge in [-0.2, -0.15) is 5.26 Å². The highest BCUT2D eigenvalue weighted by atomic mass is 35.5. The van der Waals surface area contributed by atoms with Crippen molar-refractivity contribution in [1.82, 2.24) is 5.32 Å². The van der Waals surface area contributed by atoms with Gasteiger partial charge >= 0.3 is 0 Å². The largest absolute Gasteiger partial charge is 0.343 e. The first kappa shape index (κ1) is 14.4. The van der Waals surface area contributed by atoms with Crippen molar-refractivity contribution in [2.24, 2.45) is 5.92 Å². The smallest absolute Gasteiger partial charge is 0.227 e. The Kier molecular flexibility index (Phi) is 4.26. The van der Waals surface area contributed by atoms with Gasteiger partial charge in [0.15, 0.2) is 0 Å². The second kappa shape index (κ2) is 5.93. The third-order valence-corrected chi connectivity index (χ3v) is 3.71. The van der Waals surface area contributed by atoms with E-state index in [1.54, 1.807) is 11.0 Å². The lowest BCUT2D eigenvalue weighted by atomic mass is 10.1. The summed E-state index contributed by atoms with van der Waals surface area (Å²) in [5.74, 6) is -0.793. The highest BCUT2D eigenvalue weighted by molar-refractivity contribution is 6.31. The van der Waals surface area contributed by atoms with E-state index in [9.17, 15) is 9.59 Å². The highest BCUT2D eigenvalue weighted by Gasteiger charge is 2.35. The summed E-state index contributed by atoms with van der Waals surface area (Å²) in [6.45, 7) is 2.16. The molecule has 0 unspecified atom stereocenters. The fourth-order valence-corrected chi connectivity index (χ4v) is 2.33. The lowest BCUT2D eigenvalue weighted by Crippen LogP contribution is -2.33. The highest BCUT2D eigenvalue weighted by Crippen LogP contribution is 2.28. The van der Waals surface area contributed by atoms with Crippen LogP contribution in [-0.2, 0) is 9.59 Å². The van der Waals surface area contributed by atoms with Gasteiger partial charge in [-0.3, -0.25) is 9.59 Å². The summed E-state index contributed by atoms with van der Waals surface area (Å²) in [5.41, 5.74) is 1.63. The number of nitrogens with zero attached hydrogens (tertiary/aromatic N) is 2. The Labute approximate surface area is 122 Å². The molecule has 1 aliphatic heterocycles. The molecule has 6 heteroatoms. The fourth-order valence-electron chi connectivity index (χ4n) is 2.15. The maximum absolute atomic E-state index is 12.0. The standard InChI is InChI=1S/C14H14ClN3O2/c1-9-2-3-11(7-12(9)15)18-8-10(6-13(18)19)14(20)17-5-4-16/h2-3,7,10H,5-6,8H2,1H3,(H,17,20)/t10-/m0/s1. The molecular formula is C14H14ClN3O2. The van der Waals surface area contributed by atoms with E-state index in [0.717, 1.165) is 5.56 Å². The number of aryl methyl sites for hydroxylation is 1. The molecule has 104 valence electrons. The molecule has 2 rings (SSSR count). The van der Waals surface area contributed by atoms with Crippen LogP contribution < -0.4 is 10.2 Å². The summed E-state index contributed by atoms with van der Waals surface area (Å²) < 4.78 is 0. The number of nitriles is 1. The van der Waals surface area contributed by atoms with E-state index in [2.05, 4.69) is 5.32 Å². The molecule has 0 spiro atoms. The Morgan fingerprint density at radius 1 is 1.60 bits per heavy atom. The zero-order chi connectivity index (χ0) is 14.7. The zero-order valence-electron chi connectivity index (χ0n) is 11.0. The Hall–Kier alpha value is -2.06. The number of rotatable bonds is 3. The van der Waals surface area contributed by atoms with Gasteiger partial charge in [0.1, 0.15) is 6.54 Å². The van der Waals surface area contributed by atoms with Crippen molar-refractivity contribution >= 4 is 29.1 Å². The van der Waals surface area contributed by atoms with E-state index >= 15 is 0 Å². The van der Waals surface area contributed by atoms with Crippen molar-refractivity contribution in [3.63, 3.8) is 0 Å². The molecule has 1 aromatic rings. The van der Waals surface area contributed by atoms with Crippen molar-refractivity contribution in [1.29, 1.82) is 5.26 Å². The van der Waals surface area contributed by atoms with Crippen LogP contribution in [0.5, 0.6) is 0 Å². The second-order valence-corrected chi connectivity index (χ2v) is 5.12. The summed E-state index contributed by atoms with van der Waals surface area (Å²) >= 11 is 6.05. The summed E-state index contributed by atoms with van der Waals surface area (Å²) in [6.07, 6.45) is 0.156. The molecule has 0 radical (unpaired) electrons. The number of halogens is 1. The summed E-state index contributed by atoms with van der Waals surface area (Å²) in [7, 11) is 0. The Balaban J connectivity index is 2.11. The zero-order valence-corrected chi connectivity index (χ0v) is 11.8. The van der Waals surface area contributed by atoms with Gasteiger partial charge < -0.3 is 10.2 Å². The third-order valence-electron chi connectivity index (χ3n) is 3.30. The van der Waals surface area contributed by atoms with Gasteiger partial charge in [-0.1, -0.05) is 17.7 Å². The van der Waals surface area contributed by atoms with Crippen LogP contribution in [0.2, 0.25) is 5.02 Å². The van der Waals surface area contributed by atoms with Crippen LogP contribution in [0.1, 0.15) is 12.0 Å². The van der Waals surface area contributed by atoms with E-state index in [1.807, 2.05) is 25.1 Å². The van der Waals surface area contributed by atoms with Gasteiger partial charge in [0.25, 0.3) is 0 Å². The van der Waals surface area contributed by atoms with Gasteiger partial charge in [-0.15, -0.1) is 0 Å².